The van der Waals surface area contributed by atoms with Crippen LogP contribution < -0.4 is 5.32 Å². The summed E-state index contributed by atoms with van der Waals surface area (Å²) in [5.41, 5.74) is 0.611. The Kier molecular flexibility index (Phi) is 6.35. The molecule has 2 aromatic rings. The molecule has 0 fully saturated rings. The minimum atomic E-state index is -3.65. The second kappa shape index (κ2) is 8.32. The van der Waals surface area contributed by atoms with Gasteiger partial charge in [0.25, 0.3) is 5.91 Å². The lowest BCUT2D eigenvalue weighted by Gasteiger charge is -2.21. The lowest BCUT2D eigenvalue weighted by atomic mass is 10.1. The van der Waals surface area contributed by atoms with Crippen LogP contribution >= 0.6 is 0 Å². The van der Waals surface area contributed by atoms with E-state index in [2.05, 4.69) is 5.32 Å². The van der Waals surface area contributed by atoms with Gasteiger partial charge in [-0.1, -0.05) is 30.3 Å². The summed E-state index contributed by atoms with van der Waals surface area (Å²) in [6, 6.07) is 12.3. The Bertz CT molecular complexity index is 909. The lowest BCUT2D eigenvalue weighted by molar-refractivity contribution is -0.139. The number of hydrogen-bond acceptors (Lipinski definition) is 4. The van der Waals surface area contributed by atoms with E-state index in [0.717, 1.165) is 0 Å². The first-order valence-corrected chi connectivity index (χ1v) is 9.75. The Morgan fingerprint density at radius 1 is 1.00 bits per heavy atom. The SMILES string of the molecule is CC(C)N(C)S(=O)(=O)c1ccc(C(=O)N[C@@H](C(=O)O)c2ccccc2)cc1. The van der Waals surface area contributed by atoms with E-state index < -0.39 is 27.9 Å². The Hall–Kier alpha value is -2.71. The van der Waals surface area contributed by atoms with Crippen LogP contribution in [0.3, 0.4) is 0 Å². The van der Waals surface area contributed by atoms with Crippen molar-refractivity contribution in [1.82, 2.24) is 9.62 Å². The molecule has 0 saturated heterocycles. The number of carboxylic acids is 1. The van der Waals surface area contributed by atoms with E-state index in [1.807, 2.05) is 0 Å². The molecule has 1 atom stereocenters. The number of carbonyl (C=O) groups excluding carboxylic acids is 1. The monoisotopic (exact) mass is 390 g/mol. The molecule has 0 unspecified atom stereocenters. The van der Waals surface area contributed by atoms with Gasteiger partial charge in [0.2, 0.25) is 10.0 Å². The summed E-state index contributed by atoms with van der Waals surface area (Å²) in [7, 11) is -2.17. The van der Waals surface area contributed by atoms with E-state index in [-0.39, 0.29) is 16.5 Å². The van der Waals surface area contributed by atoms with Gasteiger partial charge in [0.1, 0.15) is 0 Å². The molecule has 0 aliphatic rings. The molecule has 144 valence electrons. The molecule has 0 heterocycles. The van der Waals surface area contributed by atoms with Crippen LogP contribution in [0.1, 0.15) is 35.8 Å². The van der Waals surface area contributed by atoms with Crippen molar-refractivity contribution >= 4 is 21.9 Å². The van der Waals surface area contributed by atoms with Crippen LogP contribution in [0.5, 0.6) is 0 Å². The fourth-order valence-corrected chi connectivity index (χ4v) is 3.74. The summed E-state index contributed by atoms with van der Waals surface area (Å²) >= 11 is 0. The quantitative estimate of drug-likeness (QED) is 0.755. The third-order valence-electron chi connectivity index (χ3n) is 4.18. The van der Waals surface area contributed by atoms with Gasteiger partial charge in [-0.15, -0.1) is 0 Å². The van der Waals surface area contributed by atoms with E-state index in [4.69, 9.17) is 0 Å². The predicted octanol–water partition coefficient (Wildman–Crippen LogP) is 2.27. The Labute approximate surface area is 158 Å². The largest absolute Gasteiger partial charge is 0.479 e. The summed E-state index contributed by atoms with van der Waals surface area (Å²) in [6.07, 6.45) is 0. The number of sulfonamides is 1. The zero-order valence-corrected chi connectivity index (χ0v) is 16.1. The molecule has 7 nitrogen and oxygen atoms in total. The number of carbonyl (C=O) groups is 2. The third kappa shape index (κ3) is 4.72. The van der Waals surface area contributed by atoms with E-state index in [1.165, 1.54) is 35.6 Å². The van der Waals surface area contributed by atoms with Gasteiger partial charge in [-0.05, 0) is 43.7 Å². The van der Waals surface area contributed by atoms with Gasteiger partial charge in [-0.3, -0.25) is 4.79 Å². The van der Waals surface area contributed by atoms with Crippen molar-refractivity contribution in [1.29, 1.82) is 0 Å². The molecular formula is C19H22N2O5S. The van der Waals surface area contributed by atoms with Crippen LogP contribution in [-0.2, 0) is 14.8 Å². The van der Waals surface area contributed by atoms with Crippen molar-refractivity contribution in [3.05, 3.63) is 65.7 Å². The van der Waals surface area contributed by atoms with Crippen molar-refractivity contribution in [2.24, 2.45) is 0 Å². The molecule has 0 aliphatic heterocycles. The molecule has 0 aliphatic carbocycles. The fraction of sp³-hybridized carbons (Fsp3) is 0.263. The Morgan fingerprint density at radius 2 is 1.56 bits per heavy atom. The van der Waals surface area contributed by atoms with Crippen molar-refractivity contribution < 1.29 is 23.1 Å². The highest BCUT2D eigenvalue weighted by molar-refractivity contribution is 7.89. The van der Waals surface area contributed by atoms with E-state index in [9.17, 15) is 23.1 Å². The molecule has 0 radical (unpaired) electrons. The van der Waals surface area contributed by atoms with Crippen molar-refractivity contribution in [2.75, 3.05) is 7.05 Å². The van der Waals surface area contributed by atoms with Gasteiger partial charge < -0.3 is 10.4 Å². The number of carboxylic acid groups (broad SMARTS) is 1. The van der Waals surface area contributed by atoms with Crippen LogP contribution in [0.25, 0.3) is 0 Å². The van der Waals surface area contributed by atoms with Crippen molar-refractivity contribution in [3.63, 3.8) is 0 Å². The smallest absolute Gasteiger partial charge is 0.330 e. The molecular weight excluding hydrogens is 368 g/mol. The molecule has 27 heavy (non-hydrogen) atoms. The summed E-state index contributed by atoms with van der Waals surface area (Å²) in [6.45, 7) is 3.52. The number of amides is 1. The lowest BCUT2D eigenvalue weighted by Crippen LogP contribution is -2.34. The number of aliphatic carboxylic acids is 1. The van der Waals surface area contributed by atoms with Gasteiger partial charge in [0.05, 0.1) is 4.90 Å². The van der Waals surface area contributed by atoms with E-state index >= 15 is 0 Å². The van der Waals surface area contributed by atoms with Crippen LogP contribution in [0.15, 0.2) is 59.5 Å². The van der Waals surface area contributed by atoms with Crippen LogP contribution in [0.4, 0.5) is 0 Å². The molecule has 0 saturated carbocycles. The van der Waals surface area contributed by atoms with Gasteiger partial charge in [-0.2, -0.15) is 4.31 Å². The van der Waals surface area contributed by atoms with Gasteiger partial charge >= 0.3 is 5.97 Å². The minimum absolute atomic E-state index is 0.0630. The number of nitrogens with one attached hydrogen (secondary N) is 1. The summed E-state index contributed by atoms with van der Waals surface area (Å²) in [5.74, 6) is -1.79. The first-order valence-electron chi connectivity index (χ1n) is 8.31. The van der Waals surface area contributed by atoms with Crippen molar-refractivity contribution in [2.45, 2.75) is 30.8 Å². The highest BCUT2D eigenvalue weighted by Gasteiger charge is 2.25. The second-order valence-corrected chi connectivity index (χ2v) is 8.29. The topological polar surface area (TPSA) is 104 Å². The average Bonchev–Trinajstić information content (AvgIpc) is 2.65. The van der Waals surface area contributed by atoms with Crippen LogP contribution in [0.2, 0.25) is 0 Å². The first-order chi connectivity index (χ1) is 12.6. The summed E-state index contributed by atoms with van der Waals surface area (Å²) < 4.78 is 26.1. The molecule has 0 bridgehead atoms. The third-order valence-corrected chi connectivity index (χ3v) is 6.22. The molecule has 0 aromatic heterocycles. The average molecular weight is 390 g/mol. The van der Waals surface area contributed by atoms with E-state index in [0.29, 0.717) is 5.56 Å². The van der Waals surface area contributed by atoms with Gasteiger partial charge in [0.15, 0.2) is 6.04 Å². The van der Waals surface area contributed by atoms with Crippen LogP contribution in [0, 0.1) is 0 Å². The first kappa shape index (κ1) is 20.6. The molecule has 8 heteroatoms. The molecule has 0 spiro atoms. The maximum absolute atomic E-state index is 12.5. The Balaban J connectivity index is 2.21. The fourth-order valence-electron chi connectivity index (χ4n) is 2.37. The summed E-state index contributed by atoms with van der Waals surface area (Å²) in [5, 5.41) is 11.8. The highest BCUT2D eigenvalue weighted by Crippen LogP contribution is 2.18. The zero-order chi connectivity index (χ0) is 20.2. The van der Waals surface area contributed by atoms with E-state index in [1.54, 1.807) is 44.2 Å². The molecule has 2 aromatic carbocycles. The Morgan fingerprint density at radius 3 is 2.04 bits per heavy atom. The normalized spacial score (nSPS) is 12.8. The maximum Gasteiger partial charge on any atom is 0.330 e. The number of hydrogen-bond donors (Lipinski definition) is 2. The maximum atomic E-state index is 12.5. The van der Waals surface area contributed by atoms with Gasteiger partial charge in [0, 0.05) is 18.7 Å². The van der Waals surface area contributed by atoms with Crippen molar-refractivity contribution in [3.8, 4) is 0 Å². The van der Waals surface area contributed by atoms with Crippen LogP contribution in [-0.4, -0.2) is 42.8 Å². The standard InChI is InChI=1S/C19H22N2O5S/c1-13(2)21(3)27(25,26)16-11-9-15(10-12-16)18(22)20-17(19(23)24)14-7-5-4-6-8-14/h4-13,17H,1-3H3,(H,20,22)(H,23,24)/t17-/m1/s1. The molecule has 2 rings (SSSR count). The number of benzene rings is 2. The predicted molar refractivity (Wildman–Crippen MR) is 101 cm³/mol. The molecule has 1 amide bonds. The van der Waals surface area contributed by atoms with Gasteiger partial charge in [-0.25, -0.2) is 13.2 Å². The zero-order valence-electron chi connectivity index (χ0n) is 15.3. The minimum Gasteiger partial charge on any atom is -0.479 e. The molecule has 2 N–H and O–H groups in total. The number of rotatable bonds is 7. The highest BCUT2D eigenvalue weighted by atomic mass is 32.2. The number of nitrogens with zero attached hydrogens (tertiary/aromatic N) is 1. The second-order valence-electron chi connectivity index (χ2n) is 6.29. The summed E-state index contributed by atoms with van der Waals surface area (Å²) in [4.78, 5) is 24.0.